The second-order valence-corrected chi connectivity index (χ2v) is 4.04. The summed E-state index contributed by atoms with van der Waals surface area (Å²) < 4.78 is 4.69. The van der Waals surface area contributed by atoms with Crippen LogP contribution in [-0.4, -0.2) is 57.1 Å². The zero-order valence-corrected chi connectivity index (χ0v) is 10.1. The predicted molar refractivity (Wildman–Crippen MR) is 59.1 cm³/mol. The lowest BCUT2D eigenvalue weighted by Crippen LogP contribution is -2.57. The number of amides is 2. The van der Waals surface area contributed by atoms with Crippen LogP contribution in [0.1, 0.15) is 22.9 Å². The lowest BCUT2D eigenvalue weighted by Gasteiger charge is -2.33. The summed E-state index contributed by atoms with van der Waals surface area (Å²) in [4.78, 5) is 39.4. The van der Waals surface area contributed by atoms with Gasteiger partial charge in [-0.25, -0.2) is 0 Å². The van der Waals surface area contributed by atoms with Crippen molar-refractivity contribution in [3.63, 3.8) is 0 Å². The van der Waals surface area contributed by atoms with Crippen molar-refractivity contribution in [1.82, 2.24) is 20.4 Å². The third-order valence-corrected chi connectivity index (χ3v) is 2.68. The highest BCUT2D eigenvalue weighted by Gasteiger charge is 2.36. The molecule has 1 aromatic rings. The number of rotatable bonds is 3. The molecule has 102 valence electrons. The molecule has 0 radical (unpaired) electrons. The monoisotopic (exact) mass is 268 g/mol. The third kappa shape index (κ3) is 2.69. The summed E-state index contributed by atoms with van der Waals surface area (Å²) >= 11 is 0. The number of piperazine rings is 1. The molecule has 1 fully saturated rings. The summed E-state index contributed by atoms with van der Waals surface area (Å²) in [7, 11) is 0. The number of hydrogen-bond donors (Lipinski definition) is 2. The highest BCUT2D eigenvalue weighted by molar-refractivity contribution is 5.96. The lowest BCUT2D eigenvalue weighted by molar-refractivity contribution is -0.142. The molecule has 0 bridgehead atoms. The van der Waals surface area contributed by atoms with Gasteiger partial charge in [-0.15, -0.1) is 0 Å². The molecule has 2 N–H and O–H groups in total. The van der Waals surface area contributed by atoms with Crippen LogP contribution in [0.5, 0.6) is 0 Å². The Morgan fingerprint density at radius 1 is 1.58 bits per heavy atom. The van der Waals surface area contributed by atoms with E-state index in [1.807, 2.05) is 0 Å². The first-order valence-corrected chi connectivity index (χ1v) is 5.60. The van der Waals surface area contributed by atoms with Gasteiger partial charge < -0.3 is 19.8 Å². The molecule has 1 aromatic heterocycles. The van der Waals surface area contributed by atoms with Crippen LogP contribution in [0.15, 0.2) is 4.52 Å². The van der Waals surface area contributed by atoms with Gasteiger partial charge in [0.05, 0.1) is 6.42 Å². The molecule has 1 atom stereocenters. The second kappa shape index (κ2) is 5.04. The first kappa shape index (κ1) is 13.0. The van der Waals surface area contributed by atoms with Crippen molar-refractivity contribution in [2.75, 3.05) is 13.1 Å². The van der Waals surface area contributed by atoms with E-state index in [1.54, 1.807) is 0 Å². The zero-order chi connectivity index (χ0) is 14.0. The van der Waals surface area contributed by atoms with Crippen LogP contribution in [0.2, 0.25) is 0 Å². The van der Waals surface area contributed by atoms with Crippen molar-refractivity contribution in [1.29, 1.82) is 0 Å². The Balaban J connectivity index is 2.22. The van der Waals surface area contributed by atoms with Crippen molar-refractivity contribution in [3.8, 4) is 0 Å². The Bertz CT molecular complexity index is 526. The van der Waals surface area contributed by atoms with Crippen LogP contribution in [0.3, 0.4) is 0 Å². The molecule has 0 saturated carbocycles. The van der Waals surface area contributed by atoms with Gasteiger partial charge in [-0.2, -0.15) is 4.98 Å². The van der Waals surface area contributed by atoms with Gasteiger partial charge in [0, 0.05) is 20.0 Å². The summed E-state index contributed by atoms with van der Waals surface area (Å²) in [5.74, 6) is -2.23. The van der Waals surface area contributed by atoms with Gasteiger partial charge in [-0.1, -0.05) is 5.16 Å². The van der Waals surface area contributed by atoms with Crippen molar-refractivity contribution in [2.24, 2.45) is 0 Å². The largest absolute Gasteiger partial charge is 0.481 e. The van der Waals surface area contributed by atoms with Gasteiger partial charge in [-0.3, -0.25) is 14.4 Å². The Morgan fingerprint density at radius 2 is 2.32 bits per heavy atom. The Morgan fingerprint density at radius 3 is 2.89 bits per heavy atom. The molecule has 1 aliphatic heterocycles. The quantitative estimate of drug-likeness (QED) is 0.704. The number of carboxylic acids is 1. The molecular formula is C10H12N4O5. The zero-order valence-electron chi connectivity index (χ0n) is 10.1. The smallest absolute Gasteiger partial charge is 0.305 e. The van der Waals surface area contributed by atoms with Crippen LogP contribution in [0.25, 0.3) is 0 Å². The van der Waals surface area contributed by atoms with Gasteiger partial charge in [0.15, 0.2) is 0 Å². The third-order valence-electron chi connectivity index (χ3n) is 2.68. The first-order chi connectivity index (χ1) is 8.99. The number of aliphatic carboxylic acids is 1. The molecular weight excluding hydrogens is 256 g/mol. The fraction of sp³-hybridized carbons (Fsp3) is 0.500. The van der Waals surface area contributed by atoms with Gasteiger partial charge in [0.2, 0.25) is 11.8 Å². The number of nitrogens with one attached hydrogen (secondary N) is 1. The summed E-state index contributed by atoms with van der Waals surface area (Å²) in [6, 6.07) is -1.06. The maximum Gasteiger partial charge on any atom is 0.305 e. The van der Waals surface area contributed by atoms with Crippen molar-refractivity contribution in [3.05, 3.63) is 11.7 Å². The van der Waals surface area contributed by atoms with Crippen LogP contribution in [0, 0.1) is 6.92 Å². The Hall–Kier alpha value is -2.45. The van der Waals surface area contributed by atoms with Crippen molar-refractivity contribution >= 4 is 17.8 Å². The lowest BCUT2D eigenvalue weighted by atomic mass is 10.1. The average molecular weight is 268 g/mol. The number of nitrogens with zero attached hydrogens (tertiary/aromatic N) is 3. The predicted octanol–water partition coefficient (Wildman–Crippen LogP) is -1.21. The summed E-state index contributed by atoms with van der Waals surface area (Å²) in [6.07, 6.45) is -0.464. The minimum absolute atomic E-state index is 0.178. The molecule has 2 amide bonds. The van der Waals surface area contributed by atoms with E-state index in [1.165, 1.54) is 6.92 Å². The van der Waals surface area contributed by atoms with Crippen molar-refractivity contribution in [2.45, 2.75) is 19.4 Å². The van der Waals surface area contributed by atoms with Gasteiger partial charge in [0.25, 0.3) is 11.7 Å². The normalized spacial score (nSPS) is 19.1. The SMILES string of the molecule is Cc1nc(C(=O)N2CCNC(=O)C2CC(=O)O)no1. The first-order valence-electron chi connectivity index (χ1n) is 5.60. The maximum atomic E-state index is 12.1. The summed E-state index contributed by atoms with van der Waals surface area (Å²) in [5.41, 5.74) is 0. The fourth-order valence-corrected chi connectivity index (χ4v) is 1.84. The molecule has 2 rings (SSSR count). The van der Waals surface area contributed by atoms with E-state index in [2.05, 4.69) is 15.5 Å². The van der Waals surface area contributed by atoms with Crippen LogP contribution in [-0.2, 0) is 9.59 Å². The maximum absolute atomic E-state index is 12.1. The topological polar surface area (TPSA) is 126 Å². The Labute approximate surface area is 107 Å². The average Bonchev–Trinajstić information content (AvgIpc) is 2.77. The summed E-state index contributed by atoms with van der Waals surface area (Å²) in [5, 5.41) is 14.8. The number of carbonyl (C=O) groups excluding carboxylic acids is 2. The van der Waals surface area contributed by atoms with Crippen LogP contribution in [0.4, 0.5) is 0 Å². The van der Waals surface area contributed by atoms with E-state index in [0.29, 0.717) is 0 Å². The van der Waals surface area contributed by atoms with E-state index < -0.39 is 30.2 Å². The number of carboxylic acid groups (broad SMARTS) is 1. The molecule has 19 heavy (non-hydrogen) atoms. The molecule has 0 spiro atoms. The molecule has 0 aromatic carbocycles. The van der Waals surface area contributed by atoms with Gasteiger partial charge in [-0.05, 0) is 0 Å². The number of aryl methyl sites for hydroxylation is 1. The second-order valence-electron chi connectivity index (χ2n) is 4.04. The molecule has 9 nitrogen and oxygen atoms in total. The van der Waals surface area contributed by atoms with Gasteiger partial charge >= 0.3 is 5.97 Å². The van der Waals surface area contributed by atoms with Gasteiger partial charge in [0.1, 0.15) is 6.04 Å². The number of carbonyl (C=O) groups is 3. The molecule has 1 saturated heterocycles. The summed E-state index contributed by atoms with van der Waals surface area (Å²) in [6.45, 7) is 2.00. The minimum Gasteiger partial charge on any atom is -0.481 e. The fourth-order valence-electron chi connectivity index (χ4n) is 1.84. The van der Waals surface area contributed by atoms with E-state index >= 15 is 0 Å². The standard InChI is InChI=1S/C10H12N4O5/c1-5-12-8(13-19-5)10(18)14-3-2-11-9(17)6(14)4-7(15)16/h6H,2-4H2,1H3,(H,11,17)(H,15,16). The molecule has 2 heterocycles. The van der Waals surface area contributed by atoms with E-state index in [0.717, 1.165) is 4.90 Å². The number of aromatic nitrogens is 2. The highest BCUT2D eigenvalue weighted by atomic mass is 16.5. The molecule has 0 aliphatic carbocycles. The van der Waals surface area contributed by atoms with E-state index in [4.69, 9.17) is 9.63 Å². The molecule has 1 unspecified atom stereocenters. The van der Waals surface area contributed by atoms with E-state index in [-0.39, 0.29) is 24.8 Å². The van der Waals surface area contributed by atoms with Crippen LogP contribution >= 0.6 is 0 Å². The van der Waals surface area contributed by atoms with Crippen LogP contribution < -0.4 is 5.32 Å². The molecule has 9 heteroatoms. The van der Waals surface area contributed by atoms with E-state index in [9.17, 15) is 14.4 Å². The highest BCUT2D eigenvalue weighted by Crippen LogP contribution is 2.12. The Kier molecular flexibility index (Phi) is 3.45. The minimum atomic E-state index is -1.16. The van der Waals surface area contributed by atoms with Crippen molar-refractivity contribution < 1.29 is 24.0 Å². The molecule has 1 aliphatic rings. The number of hydrogen-bond acceptors (Lipinski definition) is 6.